The van der Waals surface area contributed by atoms with Crippen LogP contribution in [-0.4, -0.2) is 15.4 Å². The van der Waals surface area contributed by atoms with E-state index in [-0.39, 0.29) is 0 Å². The van der Waals surface area contributed by atoms with Crippen LogP contribution in [-0.2, 0) is 6.42 Å². The van der Waals surface area contributed by atoms with Gasteiger partial charge in [0.2, 0.25) is 0 Å². The van der Waals surface area contributed by atoms with E-state index < -0.39 is 0 Å². The molecule has 24 heavy (non-hydrogen) atoms. The number of hydrogen-bond acceptors (Lipinski definition) is 4. The van der Waals surface area contributed by atoms with E-state index in [0.29, 0.717) is 5.84 Å². The standard InChI is InChI=1S/C18H20N6/c1-2-13-11-16(24-10-9-21-12-24)7-8-17(13)14-3-5-15(6-4-14)18(19)22-23-20/h3-12,23H,2,20H2,1H3,(H2,19,22). The van der Waals surface area contributed by atoms with Crippen molar-refractivity contribution in [3.8, 4) is 16.8 Å². The molecule has 6 heteroatoms. The molecule has 0 fully saturated rings. The van der Waals surface area contributed by atoms with Crippen molar-refractivity contribution in [3.05, 3.63) is 72.3 Å². The van der Waals surface area contributed by atoms with Crippen molar-refractivity contribution in [1.82, 2.24) is 15.1 Å². The first-order chi connectivity index (χ1) is 11.7. The molecular weight excluding hydrogens is 300 g/mol. The predicted octanol–water partition coefficient (Wildman–Crippen LogP) is 2.19. The number of benzene rings is 2. The molecule has 0 unspecified atom stereocenters. The molecule has 0 bridgehead atoms. The average molecular weight is 320 g/mol. The zero-order valence-corrected chi connectivity index (χ0v) is 13.5. The molecule has 122 valence electrons. The summed E-state index contributed by atoms with van der Waals surface area (Å²) in [4.78, 5) is 4.10. The van der Waals surface area contributed by atoms with Crippen molar-refractivity contribution in [2.45, 2.75) is 13.3 Å². The maximum Gasteiger partial charge on any atom is 0.152 e. The number of hydrogen-bond donors (Lipinski definition) is 3. The minimum Gasteiger partial charge on any atom is -0.382 e. The first-order valence-electron chi connectivity index (χ1n) is 7.73. The molecule has 0 spiro atoms. The SMILES string of the molecule is CCc1cc(-n2ccnc2)ccc1-c1ccc(/C(N)=N/NN)cc1. The van der Waals surface area contributed by atoms with Crippen molar-refractivity contribution in [2.24, 2.45) is 16.7 Å². The number of hydrazine groups is 1. The fraction of sp³-hybridized carbons (Fsp3) is 0.111. The van der Waals surface area contributed by atoms with Crippen LogP contribution in [0, 0.1) is 0 Å². The third-order valence-corrected chi connectivity index (χ3v) is 3.95. The number of amidine groups is 1. The number of rotatable bonds is 5. The van der Waals surface area contributed by atoms with Crippen molar-refractivity contribution < 1.29 is 0 Å². The summed E-state index contributed by atoms with van der Waals surface area (Å²) in [5, 5.41) is 3.78. The summed E-state index contributed by atoms with van der Waals surface area (Å²) in [7, 11) is 0. The van der Waals surface area contributed by atoms with Crippen LogP contribution in [0.3, 0.4) is 0 Å². The molecule has 3 aromatic rings. The predicted molar refractivity (Wildman–Crippen MR) is 96.4 cm³/mol. The second kappa shape index (κ2) is 6.97. The maximum atomic E-state index is 5.82. The van der Waals surface area contributed by atoms with Crippen LogP contribution in [0.2, 0.25) is 0 Å². The summed E-state index contributed by atoms with van der Waals surface area (Å²) in [6, 6.07) is 14.4. The number of imidazole rings is 1. The van der Waals surface area contributed by atoms with Gasteiger partial charge in [0.25, 0.3) is 0 Å². The lowest BCUT2D eigenvalue weighted by atomic mass is 9.96. The monoisotopic (exact) mass is 320 g/mol. The summed E-state index contributed by atoms with van der Waals surface area (Å²) in [6.07, 6.45) is 6.47. The highest BCUT2D eigenvalue weighted by Gasteiger charge is 2.07. The lowest BCUT2D eigenvalue weighted by Crippen LogP contribution is -2.22. The average Bonchev–Trinajstić information content (AvgIpc) is 3.16. The summed E-state index contributed by atoms with van der Waals surface area (Å²) >= 11 is 0. The Kier molecular flexibility index (Phi) is 4.58. The minimum absolute atomic E-state index is 0.357. The molecule has 0 aliphatic carbocycles. The molecule has 0 atom stereocenters. The third-order valence-electron chi connectivity index (χ3n) is 3.95. The number of nitrogens with zero attached hydrogens (tertiary/aromatic N) is 3. The minimum atomic E-state index is 0.357. The van der Waals surface area contributed by atoms with Crippen LogP contribution in [0.5, 0.6) is 0 Å². The van der Waals surface area contributed by atoms with Gasteiger partial charge in [-0.2, -0.15) is 0 Å². The molecule has 3 rings (SSSR count). The molecule has 0 amide bonds. The highest BCUT2D eigenvalue weighted by atomic mass is 15.5. The molecular formula is C18H20N6. The number of hydrazone groups is 1. The summed E-state index contributed by atoms with van der Waals surface area (Å²) in [6.45, 7) is 2.16. The smallest absolute Gasteiger partial charge is 0.152 e. The molecule has 1 heterocycles. The zero-order valence-electron chi connectivity index (χ0n) is 13.5. The molecule has 1 aromatic heterocycles. The largest absolute Gasteiger partial charge is 0.382 e. The molecule has 0 aliphatic heterocycles. The summed E-state index contributed by atoms with van der Waals surface area (Å²) < 4.78 is 2.00. The fourth-order valence-electron chi connectivity index (χ4n) is 2.68. The van der Waals surface area contributed by atoms with E-state index in [1.807, 2.05) is 35.0 Å². The van der Waals surface area contributed by atoms with E-state index in [9.17, 15) is 0 Å². The first kappa shape index (κ1) is 15.8. The second-order valence-corrected chi connectivity index (χ2v) is 5.37. The zero-order chi connectivity index (χ0) is 16.9. The van der Waals surface area contributed by atoms with Crippen molar-refractivity contribution >= 4 is 5.84 Å². The van der Waals surface area contributed by atoms with Crippen molar-refractivity contribution in [2.75, 3.05) is 0 Å². The van der Waals surface area contributed by atoms with Crippen LogP contribution < -0.4 is 17.1 Å². The number of aryl methyl sites for hydroxylation is 1. The topological polar surface area (TPSA) is 94.2 Å². The van der Waals surface area contributed by atoms with Gasteiger partial charge in [-0.1, -0.05) is 37.3 Å². The van der Waals surface area contributed by atoms with Gasteiger partial charge in [-0.05, 0) is 35.2 Å². The van der Waals surface area contributed by atoms with E-state index in [1.54, 1.807) is 12.5 Å². The molecule has 2 aromatic carbocycles. The lowest BCUT2D eigenvalue weighted by Gasteiger charge is -2.12. The Hall–Kier alpha value is -3.12. The van der Waals surface area contributed by atoms with Crippen molar-refractivity contribution in [1.29, 1.82) is 0 Å². The van der Waals surface area contributed by atoms with Crippen LogP contribution in [0.4, 0.5) is 0 Å². The quantitative estimate of drug-likeness (QED) is 0.291. The Labute approximate surface area is 140 Å². The highest BCUT2D eigenvalue weighted by Crippen LogP contribution is 2.27. The highest BCUT2D eigenvalue weighted by molar-refractivity contribution is 5.97. The van der Waals surface area contributed by atoms with E-state index in [2.05, 4.69) is 40.7 Å². The van der Waals surface area contributed by atoms with E-state index in [0.717, 1.165) is 23.2 Å². The van der Waals surface area contributed by atoms with Gasteiger partial charge in [0.15, 0.2) is 5.84 Å². The third kappa shape index (κ3) is 3.13. The van der Waals surface area contributed by atoms with E-state index >= 15 is 0 Å². The lowest BCUT2D eigenvalue weighted by molar-refractivity contribution is 0.804. The van der Waals surface area contributed by atoms with Gasteiger partial charge in [-0.25, -0.2) is 16.4 Å². The van der Waals surface area contributed by atoms with Gasteiger partial charge in [0.1, 0.15) is 0 Å². The van der Waals surface area contributed by atoms with E-state index in [4.69, 9.17) is 11.6 Å². The molecule has 0 aliphatic rings. The number of aromatic nitrogens is 2. The first-order valence-corrected chi connectivity index (χ1v) is 7.73. The van der Waals surface area contributed by atoms with Gasteiger partial charge >= 0.3 is 0 Å². The Morgan fingerprint density at radius 2 is 2.00 bits per heavy atom. The summed E-state index contributed by atoms with van der Waals surface area (Å²) in [5.74, 6) is 5.51. The van der Waals surface area contributed by atoms with Crippen LogP contribution in [0.15, 0.2) is 66.3 Å². The Bertz CT molecular complexity index is 834. The molecule has 0 saturated heterocycles. The normalized spacial score (nSPS) is 11.5. The van der Waals surface area contributed by atoms with Gasteiger partial charge in [0.05, 0.1) is 6.33 Å². The maximum absolute atomic E-state index is 5.82. The second-order valence-electron chi connectivity index (χ2n) is 5.37. The molecule has 6 nitrogen and oxygen atoms in total. The van der Waals surface area contributed by atoms with Gasteiger partial charge < -0.3 is 10.3 Å². The van der Waals surface area contributed by atoms with Crippen molar-refractivity contribution in [3.63, 3.8) is 0 Å². The van der Waals surface area contributed by atoms with Gasteiger partial charge in [0, 0.05) is 23.6 Å². The number of nitrogens with one attached hydrogen (secondary N) is 1. The van der Waals surface area contributed by atoms with E-state index in [1.165, 1.54) is 11.1 Å². The number of nitrogens with two attached hydrogens (primary N) is 2. The van der Waals surface area contributed by atoms with Gasteiger partial charge in [-0.3, -0.25) is 0 Å². The summed E-state index contributed by atoms with van der Waals surface area (Å²) in [5.41, 5.74) is 13.6. The van der Waals surface area contributed by atoms with Gasteiger partial charge in [-0.15, -0.1) is 5.10 Å². The van der Waals surface area contributed by atoms with Crippen LogP contribution in [0.25, 0.3) is 16.8 Å². The Morgan fingerprint density at radius 3 is 2.62 bits per heavy atom. The van der Waals surface area contributed by atoms with Crippen LogP contribution >= 0.6 is 0 Å². The Balaban J connectivity index is 1.95. The molecule has 0 radical (unpaired) electrons. The molecule has 5 N–H and O–H groups in total. The Morgan fingerprint density at radius 1 is 1.21 bits per heavy atom. The molecule has 0 saturated carbocycles. The fourth-order valence-corrected chi connectivity index (χ4v) is 2.68. The van der Waals surface area contributed by atoms with Crippen LogP contribution in [0.1, 0.15) is 18.1 Å².